The minimum Gasteiger partial charge on any atom is -0.484 e. The lowest BCUT2D eigenvalue weighted by Crippen LogP contribution is -2.48. The molecule has 1 aliphatic rings. The smallest absolute Gasteiger partial charge is 0.260 e. The molecule has 0 aliphatic carbocycles. The van der Waals surface area contributed by atoms with Gasteiger partial charge in [0.15, 0.2) is 6.61 Å². The number of carbonyl (C=O) groups is 1. The van der Waals surface area contributed by atoms with Gasteiger partial charge in [0.1, 0.15) is 5.75 Å². The third-order valence-electron chi connectivity index (χ3n) is 3.18. The van der Waals surface area contributed by atoms with E-state index in [2.05, 4.69) is 4.90 Å². The summed E-state index contributed by atoms with van der Waals surface area (Å²) in [4.78, 5) is 16.0. The molecule has 1 aliphatic heterocycles. The number of ether oxygens (including phenoxy) is 1. The first kappa shape index (κ1) is 13.4. The highest BCUT2D eigenvalue weighted by Gasteiger charge is 2.19. The first-order valence-electron chi connectivity index (χ1n) is 6.28. The van der Waals surface area contributed by atoms with Crippen LogP contribution in [0.25, 0.3) is 0 Å². The Hall–Kier alpha value is -2.06. The van der Waals surface area contributed by atoms with Crippen molar-refractivity contribution < 1.29 is 9.53 Å². The van der Waals surface area contributed by atoms with Gasteiger partial charge in [-0.2, -0.15) is 5.26 Å². The lowest BCUT2D eigenvalue weighted by molar-refractivity contribution is -0.134. The monoisotopic (exact) mass is 259 g/mol. The molecule has 0 N–H and O–H groups in total. The summed E-state index contributed by atoms with van der Waals surface area (Å²) >= 11 is 0. The van der Waals surface area contributed by atoms with E-state index in [4.69, 9.17) is 10.00 Å². The number of amides is 1. The number of rotatable bonds is 3. The van der Waals surface area contributed by atoms with Crippen LogP contribution in [-0.4, -0.2) is 55.5 Å². The Morgan fingerprint density at radius 3 is 2.79 bits per heavy atom. The summed E-state index contributed by atoms with van der Waals surface area (Å²) in [7, 11) is 2.05. The van der Waals surface area contributed by atoms with Gasteiger partial charge in [0, 0.05) is 26.2 Å². The zero-order valence-electron chi connectivity index (χ0n) is 11.0. The highest BCUT2D eigenvalue weighted by Crippen LogP contribution is 2.12. The van der Waals surface area contributed by atoms with Gasteiger partial charge >= 0.3 is 0 Å². The predicted molar refractivity (Wildman–Crippen MR) is 70.7 cm³/mol. The fraction of sp³-hybridized carbons (Fsp3) is 0.429. The van der Waals surface area contributed by atoms with Crippen molar-refractivity contribution in [3.8, 4) is 11.8 Å². The van der Waals surface area contributed by atoms with E-state index >= 15 is 0 Å². The van der Waals surface area contributed by atoms with Crippen LogP contribution in [0.5, 0.6) is 5.75 Å². The van der Waals surface area contributed by atoms with Gasteiger partial charge in [-0.25, -0.2) is 0 Å². The molecule has 1 fully saturated rings. The number of likely N-dealkylation sites (N-methyl/N-ethyl adjacent to an activating group) is 1. The Morgan fingerprint density at radius 2 is 2.11 bits per heavy atom. The summed E-state index contributed by atoms with van der Waals surface area (Å²) in [5.41, 5.74) is 0.532. The number of piperazine rings is 1. The average molecular weight is 259 g/mol. The molecule has 100 valence electrons. The van der Waals surface area contributed by atoms with Crippen molar-refractivity contribution in [1.82, 2.24) is 9.80 Å². The third-order valence-corrected chi connectivity index (χ3v) is 3.18. The van der Waals surface area contributed by atoms with Crippen LogP contribution in [0.3, 0.4) is 0 Å². The van der Waals surface area contributed by atoms with Gasteiger partial charge in [0.2, 0.25) is 0 Å². The van der Waals surface area contributed by atoms with Crippen LogP contribution in [0, 0.1) is 11.3 Å². The third kappa shape index (κ3) is 3.70. The zero-order valence-corrected chi connectivity index (χ0v) is 11.0. The molecule has 1 aromatic rings. The minimum atomic E-state index is -0.00420. The zero-order chi connectivity index (χ0) is 13.7. The van der Waals surface area contributed by atoms with E-state index in [1.54, 1.807) is 24.3 Å². The van der Waals surface area contributed by atoms with Crippen molar-refractivity contribution in [3.05, 3.63) is 29.8 Å². The summed E-state index contributed by atoms with van der Waals surface area (Å²) in [6, 6.07) is 8.87. The molecule has 0 atom stereocenters. The predicted octanol–water partition coefficient (Wildman–Crippen LogP) is 0.711. The van der Waals surface area contributed by atoms with Crippen molar-refractivity contribution >= 4 is 5.91 Å². The van der Waals surface area contributed by atoms with Crippen LogP contribution in [-0.2, 0) is 4.79 Å². The Bertz CT molecular complexity index is 488. The molecule has 0 bridgehead atoms. The summed E-state index contributed by atoms with van der Waals surface area (Å²) in [6.45, 7) is 3.32. The second-order valence-corrected chi connectivity index (χ2v) is 4.61. The van der Waals surface area contributed by atoms with E-state index in [9.17, 15) is 4.79 Å². The van der Waals surface area contributed by atoms with E-state index in [0.29, 0.717) is 11.3 Å². The highest BCUT2D eigenvalue weighted by molar-refractivity contribution is 5.77. The number of carbonyl (C=O) groups excluding carboxylic acids is 1. The lowest BCUT2D eigenvalue weighted by atomic mass is 10.2. The maximum Gasteiger partial charge on any atom is 0.260 e. The average Bonchev–Trinajstić information content (AvgIpc) is 2.46. The molecular formula is C14H17N3O2. The first-order chi connectivity index (χ1) is 9.19. The fourth-order valence-corrected chi connectivity index (χ4v) is 1.95. The molecule has 1 heterocycles. The van der Waals surface area contributed by atoms with Gasteiger partial charge in [-0.3, -0.25) is 4.79 Å². The van der Waals surface area contributed by atoms with Crippen molar-refractivity contribution in [3.63, 3.8) is 0 Å². The van der Waals surface area contributed by atoms with Gasteiger partial charge in [-0.15, -0.1) is 0 Å². The van der Waals surface area contributed by atoms with Crippen LogP contribution in [0.15, 0.2) is 24.3 Å². The number of nitrogens with zero attached hydrogens (tertiary/aromatic N) is 3. The highest BCUT2D eigenvalue weighted by atomic mass is 16.5. The summed E-state index contributed by atoms with van der Waals surface area (Å²) in [5.74, 6) is 0.553. The fourth-order valence-electron chi connectivity index (χ4n) is 1.95. The van der Waals surface area contributed by atoms with E-state index in [1.165, 1.54) is 0 Å². The summed E-state index contributed by atoms with van der Waals surface area (Å²) in [5, 5.41) is 8.78. The van der Waals surface area contributed by atoms with Gasteiger partial charge < -0.3 is 14.5 Å². The number of benzene rings is 1. The molecule has 5 nitrogen and oxygen atoms in total. The molecule has 1 aromatic carbocycles. The maximum atomic E-state index is 11.9. The molecule has 0 spiro atoms. The normalized spacial score (nSPS) is 15.9. The summed E-state index contributed by atoms with van der Waals surface area (Å²) < 4.78 is 5.43. The molecule has 2 rings (SSSR count). The molecule has 0 radical (unpaired) electrons. The Balaban J connectivity index is 1.84. The van der Waals surface area contributed by atoms with Crippen LogP contribution < -0.4 is 4.74 Å². The molecule has 0 aromatic heterocycles. The maximum absolute atomic E-state index is 11.9. The van der Waals surface area contributed by atoms with Gasteiger partial charge in [0.25, 0.3) is 5.91 Å². The molecule has 19 heavy (non-hydrogen) atoms. The Labute approximate surface area is 113 Å². The Kier molecular flexibility index (Phi) is 4.37. The molecular weight excluding hydrogens is 242 g/mol. The molecule has 1 saturated heterocycles. The number of nitriles is 1. The number of hydrogen-bond acceptors (Lipinski definition) is 4. The van der Waals surface area contributed by atoms with Crippen molar-refractivity contribution in [2.75, 3.05) is 39.8 Å². The van der Waals surface area contributed by atoms with E-state index in [0.717, 1.165) is 26.2 Å². The SMILES string of the molecule is CN1CCN(C(=O)COc2cccc(C#N)c2)CC1. The molecule has 0 saturated carbocycles. The lowest BCUT2D eigenvalue weighted by Gasteiger charge is -2.32. The van der Waals surface area contributed by atoms with E-state index < -0.39 is 0 Å². The van der Waals surface area contributed by atoms with Gasteiger partial charge in [-0.05, 0) is 25.2 Å². The van der Waals surface area contributed by atoms with Crippen LogP contribution in [0.2, 0.25) is 0 Å². The minimum absolute atomic E-state index is 0.00420. The van der Waals surface area contributed by atoms with Crippen LogP contribution >= 0.6 is 0 Å². The second kappa shape index (κ2) is 6.21. The molecule has 0 unspecified atom stereocenters. The summed E-state index contributed by atoms with van der Waals surface area (Å²) in [6.07, 6.45) is 0. The largest absolute Gasteiger partial charge is 0.484 e. The first-order valence-corrected chi connectivity index (χ1v) is 6.28. The van der Waals surface area contributed by atoms with Crippen LogP contribution in [0.4, 0.5) is 0 Å². The van der Waals surface area contributed by atoms with E-state index in [1.807, 2.05) is 18.0 Å². The molecule has 1 amide bonds. The topological polar surface area (TPSA) is 56.6 Å². The van der Waals surface area contributed by atoms with Crippen LogP contribution in [0.1, 0.15) is 5.56 Å². The van der Waals surface area contributed by atoms with E-state index in [-0.39, 0.29) is 12.5 Å². The van der Waals surface area contributed by atoms with Crippen molar-refractivity contribution in [2.45, 2.75) is 0 Å². The van der Waals surface area contributed by atoms with Crippen molar-refractivity contribution in [1.29, 1.82) is 5.26 Å². The van der Waals surface area contributed by atoms with Gasteiger partial charge in [-0.1, -0.05) is 6.07 Å². The number of hydrogen-bond donors (Lipinski definition) is 0. The molecule has 5 heteroatoms. The quantitative estimate of drug-likeness (QED) is 0.802. The Morgan fingerprint density at radius 1 is 1.37 bits per heavy atom. The van der Waals surface area contributed by atoms with Crippen molar-refractivity contribution in [2.24, 2.45) is 0 Å². The second-order valence-electron chi connectivity index (χ2n) is 4.61. The van der Waals surface area contributed by atoms with Gasteiger partial charge in [0.05, 0.1) is 11.6 Å². The standard InChI is InChI=1S/C14H17N3O2/c1-16-5-7-17(8-6-16)14(18)11-19-13-4-2-3-12(9-13)10-15/h2-4,9H,5-8,11H2,1H3.